The first-order valence-electron chi connectivity index (χ1n) is 7.73. The molecule has 4 rings (SSSR count). The summed E-state index contributed by atoms with van der Waals surface area (Å²) in [4.78, 5) is 8.95. The van der Waals surface area contributed by atoms with Gasteiger partial charge >= 0.3 is 0 Å². The number of aryl methyl sites for hydroxylation is 1. The Morgan fingerprint density at radius 2 is 2.13 bits per heavy atom. The number of oxazole rings is 1. The van der Waals surface area contributed by atoms with Crippen molar-refractivity contribution in [2.24, 2.45) is 0 Å². The van der Waals surface area contributed by atoms with E-state index in [-0.39, 0.29) is 0 Å². The summed E-state index contributed by atoms with van der Waals surface area (Å²) in [5.74, 6) is 1.96. The summed E-state index contributed by atoms with van der Waals surface area (Å²) in [6.07, 6.45) is 4.48. The van der Waals surface area contributed by atoms with Gasteiger partial charge in [0.25, 0.3) is 0 Å². The highest BCUT2D eigenvalue weighted by atomic mass is 16.4. The van der Waals surface area contributed by atoms with E-state index in [0.29, 0.717) is 17.4 Å². The fourth-order valence-corrected chi connectivity index (χ4v) is 3.12. The third kappa shape index (κ3) is 2.62. The average Bonchev–Trinajstić information content (AvgIpc) is 3.06. The van der Waals surface area contributed by atoms with Crippen LogP contribution in [0.5, 0.6) is 0 Å². The molecule has 0 amide bonds. The van der Waals surface area contributed by atoms with E-state index in [1.54, 1.807) is 6.20 Å². The van der Waals surface area contributed by atoms with E-state index in [2.05, 4.69) is 22.1 Å². The first-order chi connectivity index (χ1) is 11.3. The first kappa shape index (κ1) is 13.7. The maximum Gasteiger partial charge on any atom is 0.245 e. The van der Waals surface area contributed by atoms with Gasteiger partial charge in [0, 0.05) is 19.0 Å². The van der Waals surface area contributed by atoms with Crippen molar-refractivity contribution in [1.82, 2.24) is 9.97 Å². The molecule has 3 aromatic rings. The Labute approximate surface area is 134 Å². The zero-order valence-corrected chi connectivity index (χ0v) is 12.6. The molecule has 1 aromatic carbocycles. The summed E-state index contributed by atoms with van der Waals surface area (Å²) in [6, 6.07) is 15.8. The minimum Gasteiger partial charge on any atom is -0.440 e. The summed E-state index contributed by atoms with van der Waals surface area (Å²) in [5.41, 5.74) is 3.70. The third-order valence-corrected chi connectivity index (χ3v) is 4.31. The number of aromatic nitrogens is 2. The van der Waals surface area contributed by atoms with Crippen molar-refractivity contribution in [3.8, 4) is 17.7 Å². The molecule has 0 spiro atoms. The topological polar surface area (TPSA) is 62.7 Å². The molecule has 23 heavy (non-hydrogen) atoms. The lowest BCUT2D eigenvalue weighted by Crippen LogP contribution is -2.12. The zero-order chi connectivity index (χ0) is 15.6. The van der Waals surface area contributed by atoms with Gasteiger partial charge in [-0.05, 0) is 42.2 Å². The van der Waals surface area contributed by atoms with E-state index >= 15 is 0 Å². The van der Waals surface area contributed by atoms with Crippen molar-refractivity contribution in [3.63, 3.8) is 0 Å². The highest BCUT2D eigenvalue weighted by Crippen LogP contribution is 2.34. The molecule has 0 N–H and O–H groups in total. The van der Waals surface area contributed by atoms with Gasteiger partial charge in [0.2, 0.25) is 5.89 Å². The van der Waals surface area contributed by atoms with Crippen LogP contribution in [0.15, 0.2) is 53.1 Å². The van der Waals surface area contributed by atoms with Crippen molar-refractivity contribution < 1.29 is 4.42 Å². The van der Waals surface area contributed by atoms with Gasteiger partial charge in [-0.1, -0.05) is 18.2 Å². The molecule has 0 bridgehead atoms. The Balaban J connectivity index is 1.62. The Kier molecular flexibility index (Phi) is 3.39. The Morgan fingerprint density at radius 1 is 1.17 bits per heavy atom. The third-order valence-electron chi connectivity index (χ3n) is 4.31. The monoisotopic (exact) mass is 301 g/mol. The van der Waals surface area contributed by atoms with Crippen molar-refractivity contribution in [2.45, 2.75) is 25.2 Å². The van der Waals surface area contributed by atoms with E-state index in [0.717, 1.165) is 36.4 Å². The lowest BCUT2D eigenvalue weighted by Gasteiger charge is -2.20. The second-order valence-electron chi connectivity index (χ2n) is 5.78. The molecule has 1 atom stereocenters. The number of hydrogen-bond acceptors (Lipinski definition) is 4. The van der Waals surface area contributed by atoms with Gasteiger partial charge in [-0.15, -0.1) is 0 Å². The number of rotatable bonds is 2. The molecule has 4 nitrogen and oxygen atoms in total. The van der Waals surface area contributed by atoms with Crippen LogP contribution in [0.3, 0.4) is 0 Å². The molecule has 1 unspecified atom stereocenters. The van der Waals surface area contributed by atoms with Gasteiger partial charge in [0.05, 0.1) is 17.3 Å². The summed E-state index contributed by atoms with van der Waals surface area (Å²) in [6.45, 7) is 0. The number of hydrogen-bond donors (Lipinski definition) is 0. The minimum atomic E-state index is 0.387. The molecular formula is C19H15N3O. The lowest BCUT2D eigenvalue weighted by atomic mass is 9.84. The van der Waals surface area contributed by atoms with Gasteiger partial charge < -0.3 is 4.42 Å². The number of benzene rings is 1. The van der Waals surface area contributed by atoms with Crippen LogP contribution in [0.1, 0.15) is 34.9 Å². The average molecular weight is 301 g/mol. The van der Waals surface area contributed by atoms with Crippen molar-refractivity contribution in [1.29, 1.82) is 5.26 Å². The second-order valence-corrected chi connectivity index (χ2v) is 5.78. The van der Waals surface area contributed by atoms with Crippen molar-refractivity contribution in [2.75, 3.05) is 0 Å². The summed E-state index contributed by atoms with van der Waals surface area (Å²) in [5, 5.41) is 9.06. The quantitative estimate of drug-likeness (QED) is 0.720. The Morgan fingerprint density at radius 3 is 2.96 bits per heavy atom. The van der Waals surface area contributed by atoms with Crippen LogP contribution >= 0.6 is 0 Å². The summed E-state index contributed by atoms with van der Waals surface area (Å²) < 4.78 is 5.90. The van der Waals surface area contributed by atoms with Gasteiger partial charge in [0.15, 0.2) is 0 Å². The fourth-order valence-electron chi connectivity index (χ4n) is 3.12. The molecular weight excluding hydrogens is 286 g/mol. The first-order valence-corrected chi connectivity index (χ1v) is 7.73. The summed E-state index contributed by atoms with van der Waals surface area (Å²) in [7, 11) is 0. The van der Waals surface area contributed by atoms with E-state index in [4.69, 9.17) is 9.68 Å². The van der Waals surface area contributed by atoms with Crippen LogP contribution in [0, 0.1) is 11.3 Å². The Bertz CT molecular complexity index is 877. The van der Waals surface area contributed by atoms with Crippen LogP contribution in [0.4, 0.5) is 0 Å². The van der Waals surface area contributed by atoms with Gasteiger partial charge in [0.1, 0.15) is 11.5 Å². The van der Waals surface area contributed by atoms with Crippen LogP contribution in [-0.4, -0.2) is 9.97 Å². The molecule has 0 radical (unpaired) electrons. The van der Waals surface area contributed by atoms with Crippen LogP contribution in [-0.2, 0) is 12.8 Å². The largest absolute Gasteiger partial charge is 0.440 e. The minimum absolute atomic E-state index is 0.387. The SMILES string of the molecule is N#Cc1cccc(C2CCc3oc(-c4ccccn4)nc3C2)c1. The van der Waals surface area contributed by atoms with Crippen molar-refractivity contribution >= 4 is 0 Å². The molecule has 2 aromatic heterocycles. The fraction of sp³-hybridized carbons (Fsp3) is 0.211. The molecule has 1 aliphatic carbocycles. The normalized spacial score (nSPS) is 16.6. The highest BCUT2D eigenvalue weighted by molar-refractivity contribution is 5.47. The standard InChI is InChI=1S/C19H15N3O/c20-12-13-4-3-5-14(10-13)15-7-8-18-17(11-15)22-19(23-18)16-6-1-2-9-21-16/h1-6,9-10,15H,7-8,11H2. The van der Waals surface area contributed by atoms with Gasteiger partial charge in [-0.25, -0.2) is 4.98 Å². The second kappa shape index (κ2) is 5.69. The number of pyridine rings is 1. The van der Waals surface area contributed by atoms with Crippen molar-refractivity contribution in [3.05, 3.63) is 71.2 Å². The Hall–Kier alpha value is -2.93. The predicted molar refractivity (Wildman–Crippen MR) is 85.7 cm³/mol. The maximum absolute atomic E-state index is 9.06. The van der Waals surface area contributed by atoms with E-state index in [1.165, 1.54) is 5.56 Å². The molecule has 0 saturated carbocycles. The van der Waals surface area contributed by atoms with Crippen LogP contribution in [0.2, 0.25) is 0 Å². The molecule has 0 aliphatic heterocycles. The molecule has 1 aliphatic rings. The zero-order valence-electron chi connectivity index (χ0n) is 12.6. The maximum atomic E-state index is 9.06. The molecule has 0 fully saturated rings. The molecule has 0 saturated heterocycles. The van der Waals surface area contributed by atoms with E-state index in [9.17, 15) is 0 Å². The molecule has 4 heteroatoms. The van der Waals surface area contributed by atoms with Crippen LogP contribution in [0.25, 0.3) is 11.6 Å². The van der Waals surface area contributed by atoms with Gasteiger partial charge in [-0.2, -0.15) is 5.26 Å². The number of fused-ring (bicyclic) bond motifs is 1. The highest BCUT2D eigenvalue weighted by Gasteiger charge is 2.25. The summed E-state index contributed by atoms with van der Waals surface area (Å²) >= 11 is 0. The van der Waals surface area contributed by atoms with E-state index < -0.39 is 0 Å². The van der Waals surface area contributed by atoms with Crippen LogP contribution < -0.4 is 0 Å². The van der Waals surface area contributed by atoms with Gasteiger partial charge in [-0.3, -0.25) is 4.98 Å². The predicted octanol–water partition coefficient (Wildman–Crippen LogP) is 3.88. The molecule has 112 valence electrons. The van der Waals surface area contributed by atoms with E-state index in [1.807, 2.05) is 36.4 Å². The number of nitrogens with zero attached hydrogens (tertiary/aromatic N) is 3. The lowest BCUT2D eigenvalue weighted by molar-refractivity contribution is 0.464. The number of nitriles is 1. The molecule has 2 heterocycles. The smallest absolute Gasteiger partial charge is 0.245 e.